The Morgan fingerprint density at radius 3 is 2.90 bits per heavy atom. The zero-order valence-corrected chi connectivity index (χ0v) is 12.0. The molecule has 1 aliphatic heterocycles. The molecular weight excluding hydrogens is 254 g/mol. The number of aliphatic hydroxyl groups excluding tert-OH is 1. The first-order valence-corrected chi connectivity index (χ1v) is 7.06. The summed E-state index contributed by atoms with van der Waals surface area (Å²) in [6, 6.07) is 9.74. The van der Waals surface area contributed by atoms with Crippen LogP contribution in [0.1, 0.15) is 25.7 Å². The number of hydrogen-bond donors (Lipinski definition) is 1. The van der Waals surface area contributed by atoms with Gasteiger partial charge in [-0.25, -0.2) is 0 Å². The Morgan fingerprint density at radius 2 is 2.15 bits per heavy atom. The van der Waals surface area contributed by atoms with Gasteiger partial charge in [0.2, 0.25) is 0 Å². The smallest absolute Gasteiger partial charge is 0.135 e. The van der Waals surface area contributed by atoms with Crippen LogP contribution >= 0.6 is 0 Å². The fourth-order valence-electron chi connectivity index (χ4n) is 2.77. The predicted octanol–water partition coefficient (Wildman–Crippen LogP) is 2.58. The molecule has 1 saturated heterocycles. The third-order valence-corrected chi connectivity index (χ3v) is 3.71. The lowest BCUT2D eigenvalue weighted by atomic mass is 10.1. The van der Waals surface area contributed by atoms with Crippen molar-refractivity contribution < 1.29 is 14.3 Å². The van der Waals surface area contributed by atoms with Crippen molar-refractivity contribution >= 4 is 11.0 Å². The third-order valence-electron chi connectivity index (χ3n) is 3.71. The maximum absolute atomic E-state index is 10.4. The van der Waals surface area contributed by atoms with Crippen LogP contribution in [0.25, 0.3) is 11.0 Å². The van der Waals surface area contributed by atoms with E-state index >= 15 is 0 Å². The van der Waals surface area contributed by atoms with Crippen LogP contribution in [0.4, 0.5) is 0 Å². The van der Waals surface area contributed by atoms with Crippen molar-refractivity contribution in [3.63, 3.8) is 0 Å². The topological polar surface area (TPSA) is 45.8 Å². The molecule has 108 valence electrons. The van der Waals surface area contributed by atoms with Crippen molar-refractivity contribution in [2.24, 2.45) is 0 Å². The van der Waals surface area contributed by atoms with E-state index in [1.54, 1.807) is 0 Å². The molecule has 0 bridgehead atoms. The van der Waals surface area contributed by atoms with E-state index in [4.69, 9.17) is 9.15 Å². The number of benzene rings is 1. The maximum Gasteiger partial charge on any atom is 0.135 e. The Kier molecular flexibility index (Phi) is 3.54. The van der Waals surface area contributed by atoms with Crippen LogP contribution in [-0.4, -0.2) is 41.8 Å². The van der Waals surface area contributed by atoms with Gasteiger partial charge in [-0.1, -0.05) is 18.2 Å². The number of nitrogens with zero attached hydrogens (tertiary/aromatic N) is 1. The van der Waals surface area contributed by atoms with Gasteiger partial charge in [-0.2, -0.15) is 0 Å². The van der Waals surface area contributed by atoms with E-state index in [0.29, 0.717) is 18.9 Å². The Bertz CT molecular complexity index is 557. The molecule has 1 N–H and O–H groups in total. The highest BCUT2D eigenvalue weighted by molar-refractivity contribution is 5.77. The van der Waals surface area contributed by atoms with E-state index in [-0.39, 0.29) is 5.60 Å². The molecular formula is C16H21NO3. The summed E-state index contributed by atoms with van der Waals surface area (Å²) in [6.45, 7) is 7.11. The number of furan rings is 1. The lowest BCUT2D eigenvalue weighted by molar-refractivity contribution is -0.0941. The van der Waals surface area contributed by atoms with Gasteiger partial charge < -0.3 is 14.3 Å². The van der Waals surface area contributed by atoms with Crippen LogP contribution in [0.3, 0.4) is 0 Å². The third kappa shape index (κ3) is 2.87. The Hall–Kier alpha value is -1.36. The molecule has 0 unspecified atom stereocenters. The van der Waals surface area contributed by atoms with E-state index in [9.17, 15) is 5.11 Å². The molecule has 2 heterocycles. The van der Waals surface area contributed by atoms with Crippen molar-refractivity contribution in [1.29, 1.82) is 0 Å². The van der Waals surface area contributed by atoms with E-state index in [1.807, 2.05) is 30.3 Å². The average Bonchev–Trinajstić information content (AvgIpc) is 2.81. The van der Waals surface area contributed by atoms with Crippen LogP contribution in [0.15, 0.2) is 34.7 Å². The first kappa shape index (κ1) is 13.6. The van der Waals surface area contributed by atoms with Gasteiger partial charge >= 0.3 is 0 Å². The quantitative estimate of drug-likeness (QED) is 0.935. The molecule has 1 aliphatic rings. The molecule has 2 aromatic rings. The number of aliphatic hydroxyl groups is 1. The summed E-state index contributed by atoms with van der Waals surface area (Å²) < 4.78 is 11.4. The molecule has 0 saturated carbocycles. The Balaban J connectivity index is 1.71. The number of β-amino-alcohol motifs (C(OH)–C–C–N with tert-alkyl or cyclic N) is 1. The van der Waals surface area contributed by atoms with Crippen LogP contribution in [0.5, 0.6) is 0 Å². The number of ether oxygens (including phenoxy) is 1. The van der Waals surface area contributed by atoms with Crippen molar-refractivity contribution in [2.75, 3.05) is 26.2 Å². The van der Waals surface area contributed by atoms with Crippen molar-refractivity contribution in [2.45, 2.75) is 25.6 Å². The molecule has 4 nitrogen and oxygen atoms in total. The van der Waals surface area contributed by atoms with Crippen LogP contribution in [0, 0.1) is 0 Å². The lowest BCUT2D eigenvalue weighted by Gasteiger charge is -2.38. The number of fused-ring (bicyclic) bond motifs is 1. The molecule has 0 amide bonds. The van der Waals surface area contributed by atoms with Gasteiger partial charge in [0, 0.05) is 25.0 Å². The molecule has 1 aromatic heterocycles. The summed E-state index contributed by atoms with van der Waals surface area (Å²) >= 11 is 0. The zero-order chi connectivity index (χ0) is 14.2. The molecule has 1 fully saturated rings. The minimum Gasteiger partial charge on any atom is -0.458 e. The second-order valence-corrected chi connectivity index (χ2v) is 6.05. The molecule has 4 heteroatoms. The monoisotopic (exact) mass is 275 g/mol. The minimum absolute atomic E-state index is 0.147. The number of hydrogen-bond acceptors (Lipinski definition) is 4. The van der Waals surface area contributed by atoms with Gasteiger partial charge in [-0.3, -0.25) is 4.90 Å². The molecule has 1 atom stereocenters. The predicted molar refractivity (Wildman–Crippen MR) is 77.6 cm³/mol. The molecule has 0 radical (unpaired) electrons. The minimum atomic E-state index is -0.601. The Morgan fingerprint density at radius 1 is 1.35 bits per heavy atom. The zero-order valence-electron chi connectivity index (χ0n) is 12.0. The van der Waals surface area contributed by atoms with E-state index in [0.717, 1.165) is 24.1 Å². The van der Waals surface area contributed by atoms with Gasteiger partial charge in [-0.05, 0) is 26.0 Å². The molecule has 0 aliphatic carbocycles. The number of morpholine rings is 1. The summed E-state index contributed by atoms with van der Waals surface area (Å²) in [6.07, 6.45) is -0.601. The first-order chi connectivity index (χ1) is 9.53. The lowest BCUT2D eigenvalue weighted by Crippen LogP contribution is -2.49. The number of para-hydroxylation sites is 1. The number of rotatable bonds is 3. The van der Waals surface area contributed by atoms with Crippen molar-refractivity contribution in [3.05, 3.63) is 36.1 Å². The van der Waals surface area contributed by atoms with E-state index in [1.165, 1.54) is 0 Å². The second kappa shape index (κ2) is 5.20. The average molecular weight is 275 g/mol. The summed E-state index contributed by atoms with van der Waals surface area (Å²) in [5.74, 6) is 0.635. The highest BCUT2D eigenvalue weighted by Gasteiger charge is 2.29. The standard InChI is InChI=1S/C16H21NO3/c1-16(2)11-17(7-8-19-16)10-13(18)15-9-12-5-3-4-6-14(12)20-15/h3-6,9,13,18H,7-8,10-11H2,1-2H3/t13-/m1/s1. The molecule has 0 spiro atoms. The van der Waals surface area contributed by atoms with Crippen LogP contribution in [-0.2, 0) is 4.74 Å². The fraction of sp³-hybridized carbons (Fsp3) is 0.500. The van der Waals surface area contributed by atoms with Gasteiger partial charge in [0.05, 0.1) is 12.2 Å². The van der Waals surface area contributed by atoms with E-state index in [2.05, 4.69) is 18.7 Å². The molecule has 20 heavy (non-hydrogen) atoms. The van der Waals surface area contributed by atoms with Gasteiger partial charge in [-0.15, -0.1) is 0 Å². The second-order valence-electron chi connectivity index (χ2n) is 6.05. The van der Waals surface area contributed by atoms with Crippen molar-refractivity contribution in [1.82, 2.24) is 4.90 Å². The summed E-state index contributed by atoms with van der Waals surface area (Å²) in [5.41, 5.74) is 0.676. The normalized spacial score (nSPS) is 21.1. The SMILES string of the molecule is CC1(C)CN(C[C@@H](O)c2cc3ccccc3o2)CCO1. The van der Waals surface area contributed by atoms with Gasteiger partial charge in [0.1, 0.15) is 17.4 Å². The molecule has 3 rings (SSSR count). The fourth-order valence-corrected chi connectivity index (χ4v) is 2.77. The largest absolute Gasteiger partial charge is 0.458 e. The summed E-state index contributed by atoms with van der Waals surface area (Å²) in [4.78, 5) is 2.22. The van der Waals surface area contributed by atoms with Crippen LogP contribution < -0.4 is 0 Å². The Labute approximate surface area is 118 Å². The van der Waals surface area contributed by atoms with E-state index < -0.39 is 6.10 Å². The molecule has 1 aromatic carbocycles. The highest BCUT2D eigenvalue weighted by atomic mass is 16.5. The van der Waals surface area contributed by atoms with Gasteiger partial charge in [0.25, 0.3) is 0 Å². The summed E-state index contributed by atoms with van der Waals surface area (Å²) in [5, 5.41) is 11.4. The highest BCUT2D eigenvalue weighted by Crippen LogP contribution is 2.25. The summed E-state index contributed by atoms with van der Waals surface area (Å²) in [7, 11) is 0. The van der Waals surface area contributed by atoms with Crippen LogP contribution in [0.2, 0.25) is 0 Å². The first-order valence-electron chi connectivity index (χ1n) is 7.06. The van der Waals surface area contributed by atoms with Gasteiger partial charge in [0.15, 0.2) is 0 Å². The van der Waals surface area contributed by atoms with Crippen molar-refractivity contribution in [3.8, 4) is 0 Å². The maximum atomic E-state index is 10.4.